The Balaban J connectivity index is 1.85. The van der Waals surface area contributed by atoms with Crippen LogP contribution in [-0.2, 0) is 9.84 Å². The van der Waals surface area contributed by atoms with E-state index in [1.807, 2.05) is 13.8 Å². The number of halogens is 1. The summed E-state index contributed by atoms with van der Waals surface area (Å²) in [5.74, 6) is -0.174. The SMILES string of the molecule is CC(C)CS(=O)(=O)c1nc2ccc(NC(=O)c3ccc(Cl)cc3)cc2s1. The van der Waals surface area contributed by atoms with Crippen molar-refractivity contribution in [2.24, 2.45) is 5.92 Å². The van der Waals surface area contributed by atoms with Gasteiger partial charge in [0, 0.05) is 16.3 Å². The van der Waals surface area contributed by atoms with Crippen LogP contribution in [0, 0.1) is 5.92 Å². The van der Waals surface area contributed by atoms with Crippen molar-refractivity contribution in [3.63, 3.8) is 0 Å². The van der Waals surface area contributed by atoms with Crippen LogP contribution in [0.2, 0.25) is 5.02 Å². The predicted molar refractivity (Wildman–Crippen MR) is 106 cm³/mol. The smallest absolute Gasteiger partial charge is 0.255 e. The maximum Gasteiger partial charge on any atom is 0.255 e. The van der Waals surface area contributed by atoms with E-state index >= 15 is 0 Å². The molecule has 3 aromatic rings. The number of carbonyl (C=O) groups is 1. The number of anilines is 1. The summed E-state index contributed by atoms with van der Waals surface area (Å²) in [5, 5.41) is 3.36. The van der Waals surface area contributed by atoms with E-state index in [0.717, 1.165) is 11.3 Å². The van der Waals surface area contributed by atoms with E-state index in [9.17, 15) is 13.2 Å². The van der Waals surface area contributed by atoms with Crippen molar-refractivity contribution in [2.45, 2.75) is 18.2 Å². The lowest BCUT2D eigenvalue weighted by Gasteiger charge is -2.05. The summed E-state index contributed by atoms with van der Waals surface area (Å²) < 4.78 is 25.5. The Bertz CT molecular complexity index is 1060. The number of amides is 1. The molecular weight excluding hydrogens is 392 g/mol. The quantitative estimate of drug-likeness (QED) is 0.667. The highest BCUT2D eigenvalue weighted by Crippen LogP contribution is 2.29. The molecule has 0 unspecified atom stereocenters. The minimum Gasteiger partial charge on any atom is -0.322 e. The Morgan fingerprint density at radius 1 is 1.19 bits per heavy atom. The zero-order valence-corrected chi connectivity index (χ0v) is 16.6. The maximum atomic E-state index is 12.4. The molecule has 0 saturated carbocycles. The topological polar surface area (TPSA) is 76.1 Å². The molecule has 0 radical (unpaired) electrons. The van der Waals surface area contributed by atoms with Crippen LogP contribution in [0.4, 0.5) is 5.69 Å². The average molecular weight is 409 g/mol. The first-order chi connectivity index (χ1) is 12.2. The molecule has 2 aromatic carbocycles. The summed E-state index contributed by atoms with van der Waals surface area (Å²) in [5.41, 5.74) is 1.66. The Morgan fingerprint density at radius 3 is 2.54 bits per heavy atom. The number of hydrogen-bond donors (Lipinski definition) is 1. The third-order valence-electron chi connectivity index (χ3n) is 3.55. The third kappa shape index (κ3) is 4.23. The first-order valence-electron chi connectivity index (χ1n) is 7.95. The van der Waals surface area contributed by atoms with Gasteiger partial charge in [0.25, 0.3) is 5.91 Å². The fraction of sp³-hybridized carbons (Fsp3) is 0.222. The number of fused-ring (bicyclic) bond motifs is 1. The van der Waals surface area contributed by atoms with Crippen molar-refractivity contribution in [3.8, 4) is 0 Å². The summed E-state index contributed by atoms with van der Waals surface area (Å²) in [7, 11) is -3.40. The Labute approximate surface area is 160 Å². The van der Waals surface area contributed by atoms with Crippen molar-refractivity contribution in [3.05, 3.63) is 53.1 Å². The minimum atomic E-state index is -3.40. The van der Waals surface area contributed by atoms with E-state index in [1.165, 1.54) is 0 Å². The van der Waals surface area contributed by atoms with Crippen molar-refractivity contribution in [1.82, 2.24) is 4.98 Å². The molecule has 5 nitrogen and oxygen atoms in total. The van der Waals surface area contributed by atoms with Crippen LogP contribution in [0.25, 0.3) is 10.2 Å². The number of hydrogen-bond acceptors (Lipinski definition) is 5. The number of thiazole rings is 1. The minimum absolute atomic E-state index is 0.0289. The highest BCUT2D eigenvalue weighted by molar-refractivity contribution is 7.93. The summed E-state index contributed by atoms with van der Waals surface area (Å²) in [6, 6.07) is 11.7. The molecular formula is C18H17ClN2O3S2. The lowest BCUT2D eigenvalue weighted by Crippen LogP contribution is -2.11. The van der Waals surface area contributed by atoms with E-state index in [0.29, 0.717) is 26.5 Å². The summed E-state index contributed by atoms with van der Waals surface area (Å²) in [6.07, 6.45) is 0. The number of rotatable bonds is 5. The van der Waals surface area contributed by atoms with Gasteiger partial charge in [0.1, 0.15) is 0 Å². The molecule has 1 aromatic heterocycles. The first kappa shape index (κ1) is 18.8. The predicted octanol–water partition coefficient (Wildman–Crippen LogP) is 4.63. The molecule has 0 atom stereocenters. The first-order valence-corrected chi connectivity index (χ1v) is 10.8. The van der Waals surface area contributed by atoms with Gasteiger partial charge in [0.15, 0.2) is 0 Å². The van der Waals surface area contributed by atoms with Crippen LogP contribution in [0.3, 0.4) is 0 Å². The van der Waals surface area contributed by atoms with Crippen LogP contribution < -0.4 is 5.32 Å². The maximum absolute atomic E-state index is 12.4. The number of carbonyl (C=O) groups excluding carboxylic acids is 1. The summed E-state index contributed by atoms with van der Waals surface area (Å²) in [4.78, 5) is 16.5. The van der Waals surface area contributed by atoms with E-state index in [-0.39, 0.29) is 21.9 Å². The number of nitrogens with one attached hydrogen (secondary N) is 1. The number of aromatic nitrogens is 1. The molecule has 3 rings (SSSR count). The molecule has 8 heteroatoms. The molecule has 0 saturated heterocycles. The lowest BCUT2D eigenvalue weighted by molar-refractivity contribution is 0.102. The third-order valence-corrected chi connectivity index (χ3v) is 7.36. The number of benzene rings is 2. The van der Waals surface area contributed by atoms with Gasteiger partial charge in [-0.15, -0.1) is 11.3 Å². The van der Waals surface area contributed by atoms with Crippen molar-refractivity contribution < 1.29 is 13.2 Å². The molecule has 26 heavy (non-hydrogen) atoms. The molecule has 1 heterocycles. The highest BCUT2D eigenvalue weighted by atomic mass is 35.5. The van der Waals surface area contributed by atoms with Gasteiger partial charge in [-0.1, -0.05) is 25.4 Å². The molecule has 1 N–H and O–H groups in total. The molecule has 0 aliphatic carbocycles. The normalized spacial score (nSPS) is 11.8. The van der Waals surface area contributed by atoms with Gasteiger partial charge >= 0.3 is 0 Å². The summed E-state index contributed by atoms with van der Waals surface area (Å²) >= 11 is 6.94. The highest BCUT2D eigenvalue weighted by Gasteiger charge is 2.21. The largest absolute Gasteiger partial charge is 0.322 e. The van der Waals surface area contributed by atoms with Crippen molar-refractivity contribution >= 4 is 54.6 Å². The van der Waals surface area contributed by atoms with E-state index < -0.39 is 9.84 Å². The van der Waals surface area contributed by atoms with Gasteiger partial charge in [-0.05, 0) is 48.4 Å². The molecule has 0 spiro atoms. The van der Waals surface area contributed by atoms with Gasteiger partial charge < -0.3 is 5.32 Å². The molecule has 0 aliphatic rings. The van der Waals surface area contributed by atoms with Gasteiger partial charge in [-0.2, -0.15) is 0 Å². The van der Waals surface area contributed by atoms with Crippen LogP contribution >= 0.6 is 22.9 Å². The second-order valence-corrected chi connectivity index (χ2v) is 9.97. The Hall–Kier alpha value is -1.96. The Kier molecular flexibility index (Phi) is 5.32. The lowest BCUT2D eigenvalue weighted by atomic mass is 10.2. The van der Waals surface area contributed by atoms with Crippen molar-refractivity contribution in [2.75, 3.05) is 11.1 Å². The average Bonchev–Trinajstić information content (AvgIpc) is 2.98. The fourth-order valence-electron chi connectivity index (χ4n) is 2.43. The fourth-order valence-corrected chi connectivity index (χ4v) is 5.53. The van der Waals surface area contributed by atoms with Gasteiger partial charge in [-0.25, -0.2) is 13.4 Å². The van der Waals surface area contributed by atoms with Crippen LogP contribution in [0.5, 0.6) is 0 Å². The Morgan fingerprint density at radius 2 is 1.88 bits per heavy atom. The van der Waals surface area contributed by atoms with Gasteiger partial charge in [-0.3, -0.25) is 4.79 Å². The summed E-state index contributed by atoms with van der Waals surface area (Å²) in [6.45, 7) is 3.71. The molecule has 136 valence electrons. The van der Waals surface area contributed by atoms with E-state index in [1.54, 1.807) is 42.5 Å². The van der Waals surface area contributed by atoms with Crippen LogP contribution in [-0.4, -0.2) is 25.1 Å². The standard InChI is InChI=1S/C18H17ClN2O3S2/c1-11(2)10-26(23,24)18-21-15-8-7-14(9-16(15)25-18)20-17(22)12-3-5-13(19)6-4-12/h3-9,11H,10H2,1-2H3,(H,20,22). The molecule has 0 aliphatic heterocycles. The van der Waals surface area contributed by atoms with Crippen LogP contribution in [0.1, 0.15) is 24.2 Å². The second kappa shape index (κ2) is 7.34. The number of sulfone groups is 1. The van der Waals surface area contributed by atoms with Gasteiger partial charge in [0.05, 0.1) is 16.0 Å². The molecule has 0 bridgehead atoms. The second-order valence-electron chi connectivity index (χ2n) is 6.30. The van der Waals surface area contributed by atoms with E-state index in [2.05, 4.69) is 10.3 Å². The van der Waals surface area contributed by atoms with Crippen molar-refractivity contribution in [1.29, 1.82) is 0 Å². The zero-order valence-electron chi connectivity index (χ0n) is 14.2. The number of nitrogens with zero attached hydrogens (tertiary/aromatic N) is 1. The van der Waals surface area contributed by atoms with E-state index in [4.69, 9.17) is 11.6 Å². The van der Waals surface area contributed by atoms with Crippen LogP contribution in [0.15, 0.2) is 46.8 Å². The zero-order chi connectivity index (χ0) is 18.9. The molecule has 1 amide bonds. The monoisotopic (exact) mass is 408 g/mol. The molecule has 0 fully saturated rings. The van der Waals surface area contributed by atoms with Gasteiger partial charge in [0.2, 0.25) is 14.2 Å².